The van der Waals surface area contributed by atoms with Crippen LogP contribution in [0.1, 0.15) is 24.2 Å². The summed E-state index contributed by atoms with van der Waals surface area (Å²) in [5.41, 5.74) is 3.27. The summed E-state index contributed by atoms with van der Waals surface area (Å²) in [6, 6.07) is 15.1. The molecule has 234 valence electrons. The summed E-state index contributed by atoms with van der Waals surface area (Å²) in [6.45, 7) is 6.16. The zero-order valence-electron chi connectivity index (χ0n) is 25.9. The number of para-hydroxylation sites is 2. The van der Waals surface area contributed by atoms with Crippen LogP contribution < -0.4 is 14.5 Å². The second kappa shape index (κ2) is 12.3. The van der Waals surface area contributed by atoms with Crippen molar-refractivity contribution in [1.82, 2.24) is 24.3 Å². The molecular formula is C32H41FN8O2S. The highest BCUT2D eigenvalue weighted by Gasteiger charge is 2.28. The minimum Gasteiger partial charge on any atom is -0.369 e. The number of halogens is 1. The number of likely N-dealkylation sites (N-methyl/N-ethyl adjacent to an activating group) is 1. The Morgan fingerprint density at radius 3 is 2.41 bits per heavy atom. The van der Waals surface area contributed by atoms with Gasteiger partial charge in [0.2, 0.25) is 10.0 Å². The topological polar surface area (TPSA) is 89.8 Å². The predicted octanol–water partition coefficient (Wildman–Crippen LogP) is 4.05. The molecule has 2 fully saturated rings. The van der Waals surface area contributed by atoms with Crippen molar-refractivity contribution in [3.05, 3.63) is 71.9 Å². The summed E-state index contributed by atoms with van der Waals surface area (Å²) in [5, 5.41) is 4.14. The first-order valence-electron chi connectivity index (χ1n) is 15.1. The van der Waals surface area contributed by atoms with Crippen molar-refractivity contribution in [2.45, 2.75) is 25.3 Å². The number of nitrogens with zero attached hydrogens (tertiary/aromatic N) is 7. The van der Waals surface area contributed by atoms with Crippen LogP contribution >= 0.6 is 0 Å². The molecule has 0 unspecified atom stereocenters. The fraction of sp³-hybridized carbons (Fsp3) is 0.438. The summed E-state index contributed by atoms with van der Waals surface area (Å²) < 4.78 is 43.2. The van der Waals surface area contributed by atoms with Gasteiger partial charge in [-0.2, -0.15) is 0 Å². The smallest absolute Gasteiger partial charge is 0.232 e. The Morgan fingerprint density at radius 2 is 1.70 bits per heavy atom. The van der Waals surface area contributed by atoms with Gasteiger partial charge < -0.3 is 19.7 Å². The van der Waals surface area contributed by atoms with Crippen LogP contribution in [-0.2, 0) is 23.5 Å². The number of fused-ring (bicyclic) bond motifs is 1. The number of rotatable bonds is 8. The number of nitrogens with one attached hydrogen (secondary N) is 1. The van der Waals surface area contributed by atoms with Crippen LogP contribution in [0.4, 0.5) is 27.3 Å². The Balaban J connectivity index is 1.20. The zero-order valence-corrected chi connectivity index (χ0v) is 26.7. The van der Waals surface area contributed by atoms with Crippen molar-refractivity contribution in [2.24, 2.45) is 7.05 Å². The third-order valence-corrected chi connectivity index (χ3v) is 10.2. The Bertz CT molecular complexity index is 1740. The van der Waals surface area contributed by atoms with Gasteiger partial charge in [-0.25, -0.2) is 22.8 Å². The van der Waals surface area contributed by atoms with E-state index in [9.17, 15) is 8.42 Å². The summed E-state index contributed by atoms with van der Waals surface area (Å²) in [4.78, 5) is 16.8. The van der Waals surface area contributed by atoms with Gasteiger partial charge in [0.05, 0.1) is 28.7 Å². The average molecular weight is 621 g/mol. The lowest BCUT2D eigenvalue weighted by atomic mass is 10.0. The molecule has 0 radical (unpaired) electrons. The fourth-order valence-corrected chi connectivity index (χ4v) is 6.79. The largest absolute Gasteiger partial charge is 0.369 e. The van der Waals surface area contributed by atoms with E-state index in [2.05, 4.69) is 27.1 Å². The van der Waals surface area contributed by atoms with Gasteiger partial charge in [0, 0.05) is 72.0 Å². The van der Waals surface area contributed by atoms with Gasteiger partial charge in [-0.15, -0.1) is 0 Å². The molecule has 44 heavy (non-hydrogen) atoms. The van der Waals surface area contributed by atoms with Crippen LogP contribution in [0.3, 0.4) is 0 Å². The molecule has 0 saturated carbocycles. The van der Waals surface area contributed by atoms with Crippen LogP contribution in [0.5, 0.6) is 0 Å². The molecule has 0 aliphatic carbocycles. The van der Waals surface area contributed by atoms with E-state index >= 15 is 4.39 Å². The number of piperidine rings is 1. The maximum absolute atomic E-state index is 15.5. The highest BCUT2D eigenvalue weighted by atomic mass is 32.2. The lowest BCUT2D eigenvalue weighted by Gasteiger charge is -2.42. The van der Waals surface area contributed by atoms with E-state index in [1.165, 1.54) is 17.6 Å². The summed E-state index contributed by atoms with van der Waals surface area (Å²) in [6.07, 6.45) is 5.53. The van der Waals surface area contributed by atoms with Crippen LogP contribution in [-0.4, -0.2) is 98.4 Å². The third-order valence-electron chi connectivity index (χ3n) is 9.00. The van der Waals surface area contributed by atoms with E-state index in [4.69, 9.17) is 9.97 Å². The lowest BCUT2D eigenvalue weighted by Crippen LogP contribution is -2.52. The molecule has 0 amide bonds. The molecule has 4 heterocycles. The number of aromatic nitrogens is 3. The molecule has 12 heteroatoms. The SMILES string of the molecule is CN1CCN(C2CCN(c3ccc(Cc4nc(Nc5ccccc5N(C)S(C)(=O)=O)c5ccn(C)c5n4)cc3F)CC2)CC1. The van der Waals surface area contributed by atoms with Crippen LogP contribution in [0, 0.1) is 5.82 Å². The first kappa shape index (κ1) is 30.3. The number of piperazine rings is 1. The fourth-order valence-electron chi connectivity index (χ4n) is 6.27. The Morgan fingerprint density at radius 1 is 0.977 bits per heavy atom. The molecule has 4 aromatic rings. The molecule has 2 aliphatic rings. The van der Waals surface area contributed by atoms with Crippen molar-refractivity contribution in [3.8, 4) is 0 Å². The van der Waals surface area contributed by atoms with Crippen LogP contribution in [0.2, 0.25) is 0 Å². The number of benzene rings is 2. The molecule has 2 aliphatic heterocycles. The highest BCUT2D eigenvalue weighted by molar-refractivity contribution is 7.92. The second-order valence-electron chi connectivity index (χ2n) is 12.0. The van der Waals surface area contributed by atoms with Gasteiger partial charge in [0.1, 0.15) is 23.1 Å². The van der Waals surface area contributed by atoms with E-state index < -0.39 is 10.0 Å². The minimum atomic E-state index is -3.47. The third kappa shape index (κ3) is 6.38. The molecule has 0 spiro atoms. The second-order valence-corrected chi connectivity index (χ2v) is 14.1. The molecule has 6 rings (SSSR count). The lowest BCUT2D eigenvalue weighted by molar-refractivity contribution is 0.0981. The standard InChI is InChI=1S/C32H41FN8O2S/c1-37-17-19-40(20-18-37)24-11-15-41(16-12-24)28-10-9-23(21-26(28)33)22-30-35-31(25-13-14-38(2)32(25)36-30)34-27-7-5-6-8-29(27)39(3)44(4,42)43/h5-10,13-14,21,24H,11-12,15-20,22H2,1-4H3,(H,34,35,36). The van der Waals surface area contributed by atoms with Gasteiger partial charge >= 0.3 is 0 Å². The van der Waals surface area contributed by atoms with Crippen molar-refractivity contribution >= 4 is 43.9 Å². The molecule has 2 aromatic carbocycles. The molecule has 2 aromatic heterocycles. The van der Waals surface area contributed by atoms with E-state index in [0.717, 1.165) is 68.7 Å². The van der Waals surface area contributed by atoms with Crippen molar-refractivity contribution in [1.29, 1.82) is 0 Å². The van der Waals surface area contributed by atoms with Crippen molar-refractivity contribution in [3.63, 3.8) is 0 Å². The number of anilines is 4. The van der Waals surface area contributed by atoms with Crippen molar-refractivity contribution < 1.29 is 12.8 Å². The van der Waals surface area contributed by atoms with E-state index in [0.29, 0.717) is 41.2 Å². The Labute approximate surface area is 259 Å². The molecular weight excluding hydrogens is 579 g/mol. The monoisotopic (exact) mass is 620 g/mol. The summed E-state index contributed by atoms with van der Waals surface area (Å²) in [7, 11) is 2.14. The first-order chi connectivity index (χ1) is 21.1. The van der Waals surface area contributed by atoms with Crippen LogP contribution in [0.15, 0.2) is 54.7 Å². The van der Waals surface area contributed by atoms with E-state index in [-0.39, 0.29) is 5.82 Å². The maximum atomic E-state index is 15.5. The van der Waals surface area contributed by atoms with Gasteiger partial charge in [0.25, 0.3) is 0 Å². The summed E-state index contributed by atoms with van der Waals surface area (Å²) in [5.74, 6) is 0.868. The van der Waals surface area contributed by atoms with Gasteiger partial charge in [-0.3, -0.25) is 9.21 Å². The Hall–Kier alpha value is -3.74. The normalized spacial score (nSPS) is 17.3. The van der Waals surface area contributed by atoms with E-state index in [1.54, 1.807) is 18.2 Å². The van der Waals surface area contributed by atoms with Gasteiger partial charge in [-0.1, -0.05) is 18.2 Å². The number of hydrogen-bond acceptors (Lipinski definition) is 8. The molecule has 2 saturated heterocycles. The highest BCUT2D eigenvalue weighted by Crippen LogP contribution is 2.32. The number of sulfonamides is 1. The van der Waals surface area contributed by atoms with E-state index in [1.807, 2.05) is 48.1 Å². The first-order valence-corrected chi connectivity index (χ1v) is 17.0. The van der Waals surface area contributed by atoms with Gasteiger partial charge in [-0.05, 0) is 55.8 Å². The number of hydrogen-bond donors (Lipinski definition) is 1. The molecule has 0 atom stereocenters. The quantitative estimate of drug-likeness (QED) is 0.316. The number of aryl methyl sites for hydroxylation is 1. The molecule has 10 nitrogen and oxygen atoms in total. The molecule has 0 bridgehead atoms. The van der Waals surface area contributed by atoms with Crippen molar-refractivity contribution in [2.75, 3.05) is 74.1 Å². The zero-order chi connectivity index (χ0) is 31.0. The molecule has 1 N–H and O–H groups in total. The van der Waals surface area contributed by atoms with Gasteiger partial charge in [0.15, 0.2) is 0 Å². The maximum Gasteiger partial charge on any atom is 0.232 e. The average Bonchev–Trinajstić information content (AvgIpc) is 3.38. The van der Waals surface area contributed by atoms with Crippen LogP contribution in [0.25, 0.3) is 11.0 Å². The Kier molecular flexibility index (Phi) is 8.49. The summed E-state index contributed by atoms with van der Waals surface area (Å²) >= 11 is 0. The predicted molar refractivity (Wildman–Crippen MR) is 175 cm³/mol. The minimum absolute atomic E-state index is 0.225.